The summed E-state index contributed by atoms with van der Waals surface area (Å²) in [5.41, 5.74) is 0. The van der Waals surface area contributed by atoms with Crippen LogP contribution in [0.5, 0.6) is 0 Å². The molecule has 0 aromatic heterocycles. The lowest BCUT2D eigenvalue weighted by atomic mass is 9.96. The van der Waals surface area contributed by atoms with Crippen LogP contribution in [-0.4, -0.2) is 55.8 Å². The summed E-state index contributed by atoms with van der Waals surface area (Å²) in [5, 5.41) is 3.28. The molecule has 0 amide bonds. The van der Waals surface area contributed by atoms with E-state index in [2.05, 4.69) is 5.32 Å². The molecule has 2 fully saturated rings. The van der Waals surface area contributed by atoms with Gasteiger partial charge in [0, 0.05) is 38.8 Å². The molecule has 5 nitrogen and oxygen atoms in total. The Morgan fingerprint density at radius 2 is 1.84 bits per heavy atom. The summed E-state index contributed by atoms with van der Waals surface area (Å²) in [6, 6.07) is 0.447. The first-order chi connectivity index (χ1) is 8.51. The molecule has 0 aromatic carbocycles. The van der Waals surface area contributed by atoms with Crippen molar-refractivity contribution in [2.45, 2.75) is 51.1 Å². The third-order valence-corrected chi connectivity index (χ3v) is 6.12. The van der Waals surface area contributed by atoms with Gasteiger partial charge in [-0.25, -0.2) is 0 Å². The molecule has 0 aromatic rings. The van der Waals surface area contributed by atoms with Crippen LogP contribution in [0.1, 0.15) is 39.0 Å². The van der Waals surface area contributed by atoms with Gasteiger partial charge >= 0.3 is 0 Å². The maximum absolute atomic E-state index is 12.6. The van der Waals surface area contributed by atoms with Gasteiger partial charge in [-0.1, -0.05) is 19.3 Å². The molecule has 0 bridgehead atoms. The predicted molar refractivity (Wildman–Crippen MR) is 79.8 cm³/mol. The van der Waals surface area contributed by atoms with Crippen LogP contribution < -0.4 is 5.32 Å². The van der Waals surface area contributed by atoms with E-state index in [9.17, 15) is 8.42 Å². The molecule has 1 saturated heterocycles. The fourth-order valence-electron chi connectivity index (χ4n) is 2.92. The normalized spacial score (nSPS) is 27.2. The third-order valence-electron chi connectivity index (χ3n) is 4.11. The molecule has 0 unspecified atom stereocenters. The Kier molecular flexibility index (Phi) is 6.53. The van der Waals surface area contributed by atoms with E-state index in [1.165, 1.54) is 6.42 Å². The second kappa shape index (κ2) is 7.22. The number of halogens is 1. The van der Waals surface area contributed by atoms with Gasteiger partial charge in [-0.2, -0.15) is 17.0 Å². The summed E-state index contributed by atoms with van der Waals surface area (Å²) in [6.45, 7) is 3.95. The van der Waals surface area contributed by atoms with Crippen LogP contribution in [0.25, 0.3) is 0 Å². The van der Waals surface area contributed by atoms with E-state index in [-0.39, 0.29) is 24.5 Å². The number of hydrogen-bond acceptors (Lipinski definition) is 3. The summed E-state index contributed by atoms with van der Waals surface area (Å²) in [6.07, 6.45) is 5.58. The number of hydrogen-bond donors (Lipinski definition) is 1. The maximum atomic E-state index is 12.6. The van der Waals surface area contributed by atoms with Gasteiger partial charge in [-0.15, -0.1) is 12.4 Å². The summed E-state index contributed by atoms with van der Waals surface area (Å²) in [4.78, 5) is 0. The zero-order chi connectivity index (χ0) is 13.2. The molecule has 1 heterocycles. The van der Waals surface area contributed by atoms with Gasteiger partial charge in [0.05, 0.1) is 0 Å². The van der Waals surface area contributed by atoms with Crippen molar-refractivity contribution in [2.24, 2.45) is 0 Å². The zero-order valence-electron chi connectivity index (χ0n) is 11.8. The average molecular weight is 312 g/mol. The Balaban J connectivity index is 0.00000180. The Hall–Kier alpha value is 0.120. The van der Waals surface area contributed by atoms with Crippen LogP contribution in [0, 0.1) is 0 Å². The quantitative estimate of drug-likeness (QED) is 0.852. The highest BCUT2D eigenvalue weighted by atomic mass is 35.5. The van der Waals surface area contributed by atoms with Crippen LogP contribution in [0.15, 0.2) is 0 Å². The van der Waals surface area contributed by atoms with Crippen molar-refractivity contribution in [1.82, 2.24) is 13.9 Å². The van der Waals surface area contributed by atoms with Crippen molar-refractivity contribution in [3.63, 3.8) is 0 Å². The van der Waals surface area contributed by atoms with Gasteiger partial charge in [0.15, 0.2) is 0 Å². The molecule has 1 saturated carbocycles. The van der Waals surface area contributed by atoms with Gasteiger partial charge < -0.3 is 5.32 Å². The lowest BCUT2D eigenvalue weighted by Gasteiger charge is -2.37. The molecule has 7 heteroatoms. The monoisotopic (exact) mass is 311 g/mol. The van der Waals surface area contributed by atoms with Crippen molar-refractivity contribution in [3.8, 4) is 0 Å². The van der Waals surface area contributed by atoms with Crippen LogP contribution in [0.2, 0.25) is 0 Å². The molecule has 114 valence electrons. The van der Waals surface area contributed by atoms with Gasteiger partial charge in [0.1, 0.15) is 0 Å². The number of rotatable bonds is 3. The smallest absolute Gasteiger partial charge is 0.282 e. The fourth-order valence-corrected chi connectivity index (χ4v) is 4.61. The molecule has 1 N–H and O–H groups in total. The minimum atomic E-state index is -3.27. The van der Waals surface area contributed by atoms with E-state index in [0.29, 0.717) is 13.1 Å². The van der Waals surface area contributed by atoms with Gasteiger partial charge in [0.25, 0.3) is 10.2 Å². The molecule has 2 aliphatic rings. The Labute approximate surface area is 123 Å². The summed E-state index contributed by atoms with van der Waals surface area (Å²) in [5.74, 6) is 0. The fraction of sp³-hybridized carbons (Fsp3) is 1.00. The second-order valence-electron chi connectivity index (χ2n) is 5.53. The van der Waals surface area contributed by atoms with E-state index >= 15 is 0 Å². The number of piperazine rings is 1. The lowest BCUT2D eigenvalue weighted by Crippen LogP contribution is -2.56. The molecule has 1 atom stereocenters. The summed E-state index contributed by atoms with van der Waals surface area (Å²) in [7, 11) is -1.52. The highest BCUT2D eigenvalue weighted by molar-refractivity contribution is 7.86. The minimum absolute atomic E-state index is 0. The highest BCUT2D eigenvalue weighted by Crippen LogP contribution is 2.25. The van der Waals surface area contributed by atoms with E-state index in [4.69, 9.17) is 0 Å². The zero-order valence-corrected chi connectivity index (χ0v) is 13.5. The Bertz CT molecular complexity index is 371. The van der Waals surface area contributed by atoms with Gasteiger partial charge in [0.2, 0.25) is 0 Å². The molecule has 0 radical (unpaired) electrons. The number of nitrogens with zero attached hydrogens (tertiary/aromatic N) is 2. The molecule has 1 aliphatic carbocycles. The first-order valence-electron chi connectivity index (χ1n) is 6.98. The lowest BCUT2D eigenvalue weighted by molar-refractivity contribution is 0.244. The van der Waals surface area contributed by atoms with Gasteiger partial charge in [-0.3, -0.25) is 0 Å². The Morgan fingerprint density at radius 3 is 2.42 bits per heavy atom. The van der Waals surface area contributed by atoms with Crippen LogP contribution in [0.4, 0.5) is 0 Å². The largest absolute Gasteiger partial charge is 0.312 e. The Morgan fingerprint density at radius 1 is 1.21 bits per heavy atom. The predicted octanol–water partition coefficient (Wildman–Crippen LogP) is 1.21. The molecular formula is C12H26ClN3O2S. The van der Waals surface area contributed by atoms with Gasteiger partial charge in [-0.05, 0) is 19.8 Å². The van der Waals surface area contributed by atoms with Crippen LogP contribution in [-0.2, 0) is 10.2 Å². The van der Waals surface area contributed by atoms with Crippen molar-refractivity contribution in [1.29, 1.82) is 0 Å². The first kappa shape index (κ1) is 17.2. The summed E-state index contributed by atoms with van der Waals surface area (Å²) < 4.78 is 28.4. The van der Waals surface area contributed by atoms with Crippen molar-refractivity contribution < 1.29 is 8.42 Å². The molecule has 1 aliphatic heterocycles. The highest BCUT2D eigenvalue weighted by Gasteiger charge is 2.34. The van der Waals surface area contributed by atoms with Crippen molar-refractivity contribution in [3.05, 3.63) is 0 Å². The van der Waals surface area contributed by atoms with E-state index in [1.807, 2.05) is 6.92 Å². The van der Waals surface area contributed by atoms with Crippen molar-refractivity contribution >= 4 is 22.6 Å². The van der Waals surface area contributed by atoms with Crippen LogP contribution in [0.3, 0.4) is 0 Å². The van der Waals surface area contributed by atoms with E-state index in [0.717, 1.165) is 32.2 Å². The molecular weight excluding hydrogens is 286 g/mol. The third kappa shape index (κ3) is 4.04. The minimum Gasteiger partial charge on any atom is -0.312 e. The van der Waals surface area contributed by atoms with Crippen LogP contribution >= 0.6 is 12.4 Å². The summed E-state index contributed by atoms with van der Waals surface area (Å²) >= 11 is 0. The molecule has 0 spiro atoms. The van der Waals surface area contributed by atoms with Crippen molar-refractivity contribution in [2.75, 3.05) is 26.7 Å². The topological polar surface area (TPSA) is 52.7 Å². The maximum Gasteiger partial charge on any atom is 0.282 e. The standard InChI is InChI=1S/C12H25N3O2S.ClH/c1-11-10-15(9-8-13-11)18(16,17)14(2)12-6-4-3-5-7-12;/h11-13H,3-10H2,1-2H3;1H/t11-;/m0./s1. The molecule has 2 rings (SSSR count). The molecule has 19 heavy (non-hydrogen) atoms. The van der Waals surface area contributed by atoms with E-state index in [1.54, 1.807) is 15.7 Å². The first-order valence-corrected chi connectivity index (χ1v) is 8.38. The average Bonchev–Trinajstić information content (AvgIpc) is 2.39. The SMILES string of the molecule is C[C@H]1CN(S(=O)(=O)N(C)C2CCCCC2)CCN1.Cl. The van der Waals surface area contributed by atoms with E-state index < -0.39 is 10.2 Å². The second-order valence-corrected chi connectivity index (χ2v) is 7.52. The number of nitrogens with one attached hydrogen (secondary N) is 1.